The van der Waals surface area contributed by atoms with E-state index in [1.807, 2.05) is 0 Å². The predicted octanol–water partition coefficient (Wildman–Crippen LogP) is 4.08. The summed E-state index contributed by atoms with van der Waals surface area (Å²) in [6, 6.07) is -0.142. The molecule has 0 amide bonds. The van der Waals surface area contributed by atoms with Crippen molar-refractivity contribution in [3.05, 3.63) is 0 Å². The van der Waals surface area contributed by atoms with Crippen LogP contribution in [0.5, 0.6) is 0 Å². The second-order valence-corrected chi connectivity index (χ2v) is 10.6. The number of ketones is 1. The van der Waals surface area contributed by atoms with Crippen molar-refractivity contribution >= 4 is 5.78 Å². The normalized spacial score (nSPS) is 49.4. The molecule has 4 heteroatoms. The third-order valence-corrected chi connectivity index (χ3v) is 9.47. The molecule has 0 aliphatic heterocycles. The lowest BCUT2D eigenvalue weighted by molar-refractivity contribution is -0.161. The van der Waals surface area contributed by atoms with Crippen molar-refractivity contribution in [2.45, 2.75) is 84.6 Å². The molecule has 0 aromatic rings. The van der Waals surface area contributed by atoms with Gasteiger partial charge in [0.05, 0.1) is 12.6 Å². The molecule has 3 unspecified atom stereocenters. The van der Waals surface area contributed by atoms with E-state index in [9.17, 15) is 4.79 Å². The average molecular weight is 377 g/mol. The van der Waals surface area contributed by atoms with Crippen LogP contribution in [0.1, 0.15) is 78.6 Å². The Labute approximate surface area is 165 Å². The van der Waals surface area contributed by atoms with Gasteiger partial charge >= 0.3 is 0 Å². The summed E-state index contributed by atoms with van der Waals surface area (Å²) in [5.41, 5.74) is 9.44. The van der Waals surface area contributed by atoms with Crippen molar-refractivity contribution in [2.75, 3.05) is 13.2 Å². The topological polar surface area (TPSA) is 64.3 Å². The van der Waals surface area contributed by atoms with Gasteiger partial charge in [0.1, 0.15) is 0 Å². The monoisotopic (exact) mass is 376 g/mol. The molecule has 4 saturated carbocycles. The third kappa shape index (κ3) is 3.11. The van der Waals surface area contributed by atoms with Crippen LogP contribution >= 0.6 is 0 Å². The second kappa shape index (κ2) is 7.42. The van der Waals surface area contributed by atoms with Gasteiger partial charge in [0.15, 0.2) is 5.78 Å². The van der Waals surface area contributed by atoms with Crippen LogP contribution in [0.15, 0.2) is 0 Å². The zero-order valence-electron chi connectivity index (χ0n) is 17.6. The number of fused-ring (bicyclic) bond motifs is 5. The average Bonchev–Trinajstić information content (AvgIpc) is 3.04. The van der Waals surface area contributed by atoms with E-state index >= 15 is 0 Å². The molecule has 0 spiro atoms. The lowest BCUT2D eigenvalue weighted by Crippen LogP contribution is -2.61. The molecule has 4 rings (SSSR count). The maximum atomic E-state index is 13.2. The Morgan fingerprint density at radius 2 is 1.93 bits per heavy atom. The van der Waals surface area contributed by atoms with Crippen molar-refractivity contribution < 1.29 is 9.63 Å². The van der Waals surface area contributed by atoms with E-state index in [2.05, 4.69) is 26.3 Å². The molecule has 3 N–H and O–H groups in total. The van der Waals surface area contributed by atoms with E-state index < -0.39 is 0 Å². The number of carbonyl (C=O) groups excluding carboxylic acids is 1. The van der Waals surface area contributed by atoms with E-state index in [4.69, 9.17) is 10.6 Å². The van der Waals surface area contributed by atoms with Crippen molar-refractivity contribution in [3.63, 3.8) is 0 Å². The summed E-state index contributed by atoms with van der Waals surface area (Å²) >= 11 is 0. The first-order valence-corrected chi connectivity index (χ1v) is 11.5. The Hall–Kier alpha value is -0.450. The predicted molar refractivity (Wildman–Crippen MR) is 108 cm³/mol. The molecule has 4 fully saturated rings. The Kier molecular flexibility index (Phi) is 5.46. The van der Waals surface area contributed by atoms with Gasteiger partial charge < -0.3 is 5.73 Å². The van der Waals surface area contributed by atoms with Gasteiger partial charge in [-0.15, -0.1) is 0 Å². The van der Waals surface area contributed by atoms with E-state index in [-0.39, 0.29) is 11.5 Å². The number of hydroxylamine groups is 1. The summed E-state index contributed by atoms with van der Waals surface area (Å²) < 4.78 is 0. The number of hydrogen-bond acceptors (Lipinski definition) is 4. The van der Waals surface area contributed by atoms with Crippen molar-refractivity contribution in [1.82, 2.24) is 5.48 Å². The number of nitrogens with one attached hydrogen (secondary N) is 1. The Morgan fingerprint density at radius 3 is 2.67 bits per heavy atom. The zero-order chi connectivity index (χ0) is 19.2. The summed E-state index contributed by atoms with van der Waals surface area (Å²) in [6.45, 7) is 8.24. The minimum atomic E-state index is -0.142. The SMILES string of the molecule is CCC1C(NOCCN)C(=O)C[C@@]2(C)C1CC[C@@H]1[C@H]2CC[C@]2(C)CCC[C@@H]12. The minimum Gasteiger partial charge on any atom is -0.328 e. The molecule has 0 saturated heterocycles. The first-order valence-electron chi connectivity index (χ1n) is 11.5. The molecule has 0 radical (unpaired) electrons. The van der Waals surface area contributed by atoms with E-state index in [0.29, 0.717) is 36.2 Å². The van der Waals surface area contributed by atoms with Crippen molar-refractivity contribution in [2.24, 2.45) is 46.2 Å². The van der Waals surface area contributed by atoms with Crippen LogP contribution in [-0.2, 0) is 9.63 Å². The van der Waals surface area contributed by atoms with Gasteiger partial charge in [-0.2, -0.15) is 5.48 Å². The van der Waals surface area contributed by atoms with Gasteiger partial charge in [-0.1, -0.05) is 33.6 Å². The molecular weight excluding hydrogens is 336 g/mol. The number of rotatable bonds is 5. The first-order chi connectivity index (χ1) is 12.9. The molecule has 0 bridgehead atoms. The van der Waals surface area contributed by atoms with Gasteiger partial charge in [-0.3, -0.25) is 9.63 Å². The molecule has 4 nitrogen and oxygen atoms in total. The van der Waals surface area contributed by atoms with Gasteiger partial charge in [-0.05, 0) is 78.9 Å². The van der Waals surface area contributed by atoms with Crippen molar-refractivity contribution in [1.29, 1.82) is 0 Å². The Morgan fingerprint density at radius 1 is 1.11 bits per heavy atom. The van der Waals surface area contributed by atoms with Crippen LogP contribution in [0.4, 0.5) is 0 Å². The molecule has 4 aliphatic rings. The number of Topliss-reactive ketones (excluding diaryl/α,β-unsaturated/α-hetero) is 1. The van der Waals surface area contributed by atoms with Crippen LogP contribution in [0, 0.1) is 40.4 Å². The first kappa shape index (κ1) is 19.8. The number of nitrogens with two attached hydrogens (primary N) is 1. The van der Waals surface area contributed by atoms with E-state index in [0.717, 1.165) is 30.6 Å². The fraction of sp³-hybridized carbons (Fsp3) is 0.957. The summed E-state index contributed by atoms with van der Waals surface area (Å²) in [5, 5.41) is 0. The van der Waals surface area contributed by atoms with Gasteiger partial charge in [-0.25, -0.2) is 0 Å². The Balaban J connectivity index is 1.57. The molecule has 27 heavy (non-hydrogen) atoms. The number of carbonyl (C=O) groups is 1. The van der Waals surface area contributed by atoms with E-state index in [1.54, 1.807) is 0 Å². The van der Waals surface area contributed by atoms with Gasteiger partial charge in [0.2, 0.25) is 0 Å². The fourth-order valence-electron chi connectivity index (χ4n) is 8.28. The Bertz CT molecular complexity index is 567. The highest BCUT2D eigenvalue weighted by Gasteiger charge is 2.61. The highest BCUT2D eigenvalue weighted by Crippen LogP contribution is 2.66. The lowest BCUT2D eigenvalue weighted by Gasteiger charge is -2.62. The largest absolute Gasteiger partial charge is 0.328 e. The highest BCUT2D eigenvalue weighted by molar-refractivity contribution is 5.86. The minimum absolute atomic E-state index is 0.142. The molecule has 0 aromatic heterocycles. The summed E-state index contributed by atoms with van der Waals surface area (Å²) in [5.74, 6) is 3.93. The number of hydrogen-bond donors (Lipinski definition) is 2. The molecular formula is C23H40N2O2. The molecule has 8 atom stereocenters. The van der Waals surface area contributed by atoms with Gasteiger partial charge in [0.25, 0.3) is 0 Å². The molecule has 4 aliphatic carbocycles. The van der Waals surface area contributed by atoms with Gasteiger partial charge in [0, 0.05) is 13.0 Å². The van der Waals surface area contributed by atoms with Crippen LogP contribution in [0.2, 0.25) is 0 Å². The third-order valence-electron chi connectivity index (χ3n) is 9.47. The molecule has 0 heterocycles. The van der Waals surface area contributed by atoms with Crippen molar-refractivity contribution in [3.8, 4) is 0 Å². The van der Waals surface area contributed by atoms with Crippen LogP contribution < -0.4 is 11.2 Å². The van der Waals surface area contributed by atoms with Crippen LogP contribution in [0.3, 0.4) is 0 Å². The highest BCUT2D eigenvalue weighted by atomic mass is 16.6. The smallest absolute Gasteiger partial charge is 0.152 e. The van der Waals surface area contributed by atoms with E-state index in [1.165, 1.54) is 44.9 Å². The maximum absolute atomic E-state index is 13.2. The fourth-order valence-corrected chi connectivity index (χ4v) is 8.28. The van der Waals surface area contributed by atoms with Crippen LogP contribution in [0.25, 0.3) is 0 Å². The summed E-state index contributed by atoms with van der Waals surface area (Å²) in [6.07, 6.45) is 11.5. The maximum Gasteiger partial charge on any atom is 0.152 e. The zero-order valence-corrected chi connectivity index (χ0v) is 17.6. The van der Waals surface area contributed by atoms with Crippen LogP contribution in [-0.4, -0.2) is 25.0 Å². The molecule has 0 aromatic carbocycles. The summed E-state index contributed by atoms with van der Waals surface area (Å²) in [7, 11) is 0. The quantitative estimate of drug-likeness (QED) is 0.560. The standard InChI is InChI=1S/C23H40N2O2/c1-4-15-18-8-7-16-17-6-5-10-22(17,2)11-9-19(16)23(18,3)14-20(26)21(15)25-27-13-12-24/h15-19,21,25H,4-14,24H2,1-3H3/t15?,16-,17-,18?,19+,21?,22-,23-/m0/s1. The second-order valence-electron chi connectivity index (χ2n) is 10.6. The molecule has 154 valence electrons. The lowest BCUT2D eigenvalue weighted by atomic mass is 9.43. The summed E-state index contributed by atoms with van der Waals surface area (Å²) in [4.78, 5) is 18.7.